The van der Waals surface area contributed by atoms with Gasteiger partial charge >= 0.3 is 0 Å². The molecule has 1 amide bonds. The average Bonchev–Trinajstić information content (AvgIpc) is 2.36. The maximum atomic E-state index is 12.0. The zero-order chi connectivity index (χ0) is 14.3. The number of carbonyl (C=O) groups excluding carboxylic acids is 1. The van der Waals surface area contributed by atoms with Crippen LogP contribution in [0.1, 0.15) is 19.8 Å². The van der Waals surface area contributed by atoms with Gasteiger partial charge in [0.25, 0.3) is 0 Å². The number of hydrogen-bond acceptors (Lipinski definition) is 3. The highest BCUT2D eigenvalue weighted by Crippen LogP contribution is 2.20. The summed E-state index contributed by atoms with van der Waals surface area (Å²) < 4.78 is 26.3. The SMILES string of the molecule is CCNS(=O)(=O)c1ccccc1NC(=O)CCCCl. The lowest BCUT2D eigenvalue weighted by Crippen LogP contribution is -2.25. The Labute approximate surface area is 118 Å². The summed E-state index contributed by atoms with van der Waals surface area (Å²) in [6.07, 6.45) is 0.814. The van der Waals surface area contributed by atoms with Crippen LogP contribution in [0.25, 0.3) is 0 Å². The van der Waals surface area contributed by atoms with Crippen molar-refractivity contribution in [2.24, 2.45) is 0 Å². The monoisotopic (exact) mass is 304 g/mol. The summed E-state index contributed by atoms with van der Waals surface area (Å²) in [5, 5.41) is 2.59. The molecule has 1 rings (SSSR count). The summed E-state index contributed by atoms with van der Waals surface area (Å²) in [6.45, 7) is 1.98. The predicted octanol–water partition coefficient (Wildman–Crippen LogP) is 1.94. The Kier molecular flexibility index (Phi) is 6.27. The molecule has 0 aliphatic heterocycles. The van der Waals surface area contributed by atoms with Crippen molar-refractivity contribution < 1.29 is 13.2 Å². The van der Waals surface area contributed by atoms with Crippen LogP contribution in [-0.2, 0) is 14.8 Å². The maximum absolute atomic E-state index is 12.0. The van der Waals surface area contributed by atoms with Crippen LogP contribution >= 0.6 is 11.6 Å². The quantitative estimate of drug-likeness (QED) is 0.756. The smallest absolute Gasteiger partial charge is 0.242 e. The molecule has 19 heavy (non-hydrogen) atoms. The topological polar surface area (TPSA) is 75.3 Å². The summed E-state index contributed by atoms with van der Waals surface area (Å²) in [6, 6.07) is 6.29. The Morgan fingerprint density at radius 3 is 2.63 bits per heavy atom. The number of rotatable bonds is 7. The Balaban J connectivity index is 2.94. The van der Waals surface area contributed by atoms with E-state index in [0.717, 1.165) is 0 Å². The molecule has 0 bridgehead atoms. The van der Waals surface area contributed by atoms with E-state index in [1.165, 1.54) is 6.07 Å². The zero-order valence-electron chi connectivity index (χ0n) is 10.6. The summed E-state index contributed by atoms with van der Waals surface area (Å²) in [4.78, 5) is 11.7. The normalized spacial score (nSPS) is 11.3. The van der Waals surface area contributed by atoms with Gasteiger partial charge in [0.05, 0.1) is 5.69 Å². The van der Waals surface area contributed by atoms with Gasteiger partial charge in [-0.25, -0.2) is 13.1 Å². The number of anilines is 1. The van der Waals surface area contributed by atoms with Crippen molar-refractivity contribution in [2.45, 2.75) is 24.7 Å². The van der Waals surface area contributed by atoms with Crippen molar-refractivity contribution in [3.63, 3.8) is 0 Å². The first-order chi connectivity index (χ1) is 9.01. The molecular formula is C12H17ClN2O3S. The van der Waals surface area contributed by atoms with Crippen LogP contribution in [0.4, 0.5) is 5.69 Å². The van der Waals surface area contributed by atoms with Crippen molar-refractivity contribution in [3.05, 3.63) is 24.3 Å². The van der Waals surface area contributed by atoms with Crippen molar-refractivity contribution in [2.75, 3.05) is 17.7 Å². The van der Waals surface area contributed by atoms with E-state index >= 15 is 0 Å². The molecule has 1 aromatic rings. The third-order valence-corrected chi connectivity index (χ3v) is 4.19. The Hall–Kier alpha value is -1.11. The molecule has 106 valence electrons. The zero-order valence-corrected chi connectivity index (χ0v) is 12.2. The average molecular weight is 305 g/mol. The van der Waals surface area contributed by atoms with Gasteiger partial charge in [-0.2, -0.15) is 0 Å². The number of nitrogens with one attached hydrogen (secondary N) is 2. The van der Waals surface area contributed by atoms with Crippen LogP contribution in [0.3, 0.4) is 0 Å². The van der Waals surface area contributed by atoms with E-state index in [0.29, 0.717) is 12.3 Å². The highest BCUT2D eigenvalue weighted by Gasteiger charge is 2.18. The Bertz CT molecular complexity index is 532. The van der Waals surface area contributed by atoms with E-state index in [-0.39, 0.29) is 29.5 Å². The first kappa shape index (κ1) is 15.9. The van der Waals surface area contributed by atoms with Crippen molar-refractivity contribution in [1.82, 2.24) is 4.72 Å². The predicted molar refractivity (Wildman–Crippen MR) is 75.9 cm³/mol. The second-order valence-corrected chi connectivity index (χ2v) is 5.95. The molecule has 0 saturated heterocycles. The van der Waals surface area contributed by atoms with E-state index in [1.54, 1.807) is 25.1 Å². The van der Waals surface area contributed by atoms with Gasteiger partial charge in [0.2, 0.25) is 15.9 Å². The van der Waals surface area contributed by atoms with Crippen LogP contribution < -0.4 is 10.0 Å². The van der Waals surface area contributed by atoms with E-state index < -0.39 is 10.0 Å². The third kappa shape index (κ3) is 4.81. The number of hydrogen-bond donors (Lipinski definition) is 2. The fourth-order valence-corrected chi connectivity index (χ4v) is 2.85. The number of benzene rings is 1. The molecule has 0 aliphatic rings. The van der Waals surface area contributed by atoms with Gasteiger partial charge < -0.3 is 5.32 Å². The standard InChI is InChI=1S/C12H17ClN2O3S/c1-2-14-19(17,18)11-7-4-3-6-10(11)15-12(16)8-5-9-13/h3-4,6-7,14H,2,5,8-9H2,1H3,(H,15,16). The van der Waals surface area contributed by atoms with E-state index in [2.05, 4.69) is 10.0 Å². The molecular weight excluding hydrogens is 288 g/mol. The molecule has 0 atom stereocenters. The molecule has 0 aliphatic carbocycles. The van der Waals surface area contributed by atoms with E-state index in [4.69, 9.17) is 11.6 Å². The fraction of sp³-hybridized carbons (Fsp3) is 0.417. The third-order valence-electron chi connectivity index (χ3n) is 2.32. The first-order valence-corrected chi connectivity index (χ1v) is 7.97. The minimum absolute atomic E-state index is 0.0658. The van der Waals surface area contributed by atoms with Gasteiger partial charge in [-0.1, -0.05) is 19.1 Å². The second-order valence-electron chi connectivity index (χ2n) is 3.84. The van der Waals surface area contributed by atoms with Crippen molar-refractivity contribution in [1.29, 1.82) is 0 Å². The van der Waals surface area contributed by atoms with Crippen LogP contribution in [0.2, 0.25) is 0 Å². The molecule has 0 heterocycles. The largest absolute Gasteiger partial charge is 0.325 e. The number of alkyl halides is 1. The molecule has 0 saturated carbocycles. The minimum Gasteiger partial charge on any atom is -0.325 e. The molecule has 5 nitrogen and oxygen atoms in total. The van der Waals surface area contributed by atoms with Gasteiger partial charge in [0.15, 0.2) is 0 Å². The van der Waals surface area contributed by atoms with Gasteiger partial charge in [0, 0.05) is 18.8 Å². The summed E-state index contributed by atoms with van der Waals surface area (Å²) in [5.41, 5.74) is 0.281. The lowest BCUT2D eigenvalue weighted by atomic mass is 10.3. The van der Waals surface area contributed by atoms with Gasteiger partial charge in [-0.3, -0.25) is 4.79 Å². The molecule has 2 N–H and O–H groups in total. The van der Waals surface area contributed by atoms with Crippen LogP contribution in [0, 0.1) is 0 Å². The molecule has 7 heteroatoms. The molecule has 0 unspecified atom stereocenters. The summed E-state index contributed by atoms with van der Waals surface area (Å²) in [5.74, 6) is 0.143. The number of para-hydroxylation sites is 1. The van der Waals surface area contributed by atoms with Crippen molar-refractivity contribution in [3.8, 4) is 0 Å². The molecule has 0 spiro atoms. The van der Waals surface area contributed by atoms with Crippen LogP contribution in [-0.4, -0.2) is 26.7 Å². The van der Waals surface area contributed by atoms with Gasteiger partial charge in [-0.15, -0.1) is 11.6 Å². The number of halogens is 1. The number of amides is 1. The fourth-order valence-electron chi connectivity index (χ4n) is 1.51. The minimum atomic E-state index is -3.60. The van der Waals surface area contributed by atoms with E-state index in [9.17, 15) is 13.2 Å². The lowest BCUT2D eigenvalue weighted by Gasteiger charge is -2.11. The highest BCUT2D eigenvalue weighted by atomic mass is 35.5. The molecule has 0 radical (unpaired) electrons. The molecule has 0 fully saturated rings. The highest BCUT2D eigenvalue weighted by molar-refractivity contribution is 7.89. The van der Waals surface area contributed by atoms with Crippen molar-refractivity contribution >= 4 is 33.2 Å². The lowest BCUT2D eigenvalue weighted by molar-refractivity contribution is -0.116. The van der Waals surface area contributed by atoms with Crippen LogP contribution in [0.15, 0.2) is 29.2 Å². The van der Waals surface area contributed by atoms with Gasteiger partial charge in [0.1, 0.15) is 4.90 Å². The molecule has 1 aromatic carbocycles. The Morgan fingerprint density at radius 2 is 2.00 bits per heavy atom. The summed E-state index contributed by atoms with van der Waals surface area (Å²) >= 11 is 5.51. The van der Waals surface area contributed by atoms with Gasteiger partial charge in [-0.05, 0) is 18.6 Å². The second kappa shape index (κ2) is 7.47. The summed E-state index contributed by atoms with van der Waals surface area (Å²) in [7, 11) is -3.60. The first-order valence-electron chi connectivity index (χ1n) is 5.95. The maximum Gasteiger partial charge on any atom is 0.242 e. The van der Waals surface area contributed by atoms with E-state index in [1.807, 2.05) is 0 Å². The van der Waals surface area contributed by atoms with Crippen LogP contribution in [0.5, 0.6) is 0 Å². The number of sulfonamides is 1. The Morgan fingerprint density at radius 1 is 1.32 bits per heavy atom. The number of carbonyl (C=O) groups is 1. The molecule has 0 aromatic heterocycles.